The van der Waals surface area contributed by atoms with Gasteiger partial charge in [-0.25, -0.2) is 0 Å². The molecule has 0 spiro atoms. The molecule has 0 heterocycles. The number of ether oxygens (including phenoxy) is 4. The number of methoxy groups -OCH3 is 2. The Balaban J connectivity index is 0.000000210. The van der Waals surface area contributed by atoms with E-state index in [-0.39, 0.29) is 0 Å². The maximum Gasteiger partial charge on any atom is 0.169 e. The molecule has 4 rings (SSSR count). The number of rotatable bonds is 6. The lowest BCUT2D eigenvalue weighted by Gasteiger charge is -2.11. The number of aryl methyl sites for hydroxylation is 1. The molecule has 0 fully saturated rings. The first-order chi connectivity index (χ1) is 15.2. The molecule has 0 aliphatic carbocycles. The zero-order valence-electron chi connectivity index (χ0n) is 17.9. The van der Waals surface area contributed by atoms with Crippen LogP contribution in [0.25, 0.3) is 0 Å². The predicted molar refractivity (Wildman–Crippen MR) is 124 cm³/mol. The topological polar surface area (TPSA) is 36.9 Å². The molecular formula is C27H26O4. The average Bonchev–Trinajstić information content (AvgIpc) is 2.82. The second-order valence-electron chi connectivity index (χ2n) is 6.61. The Hall–Kier alpha value is -3.92. The van der Waals surface area contributed by atoms with Crippen molar-refractivity contribution in [2.75, 3.05) is 14.2 Å². The molecule has 0 aliphatic heterocycles. The maximum atomic E-state index is 5.86. The summed E-state index contributed by atoms with van der Waals surface area (Å²) in [4.78, 5) is 0. The maximum absolute atomic E-state index is 5.86. The Morgan fingerprint density at radius 3 is 1.35 bits per heavy atom. The first-order valence-electron chi connectivity index (χ1n) is 9.93. The Bertz CT molecular complexity index is 1000. The third kappa shape index (κ3) is 6.54. The highest BCUT2D eigenvalue weighted by atomic mass is 16.5. The van der Waals surface area contributed by atoms with Gasteiger partial charge in [0.05, 0.1) is 14.2 Å². The molecule has 0 unspecified atom stereocenters. The lowest BCUT2D eigenvalue weighted by molar-refractivity contribution is 0.400. The summed E-state index contributed by atoms with van der Waals surface area (Å²) in [6.07, 6.45) is 0. The van der Waals surface area contributed by atoms with Gasteiger partial charge < -0.3 is 18.9 Å². The fraction of sp³-hybridized carbons (Fsp3) is 0.111. The first kappa shape index (κ1) is 21.8. The van der Waals surface area contributed by atoms with Gasteiger partial charge in [0, 0.05) is 0 Å². The van der Waals surface area contributed by atoms with Gasteiger partial charge in [-0.05, 0) is 67.1 Å². The highest BCUT2D eigenvalue weighted by molar-refractivity contribution is 5.45. The van der Waals surface area contributed by atoms with Gasteiger partial charge in [-0.1, -0.05) is 48.5 Å². The van der Waals surface area contributed by atoms with E-state index in [9.17, 15) is 0 Å². The molecule has 0 aromatic heterocycles. The van der Waals surface area contributed by atoms with Crippen molar-refractivity contribution >= 4 is 0 Å². The van der Waals surface area contributed by atoms with Crippen LogP contribution in [0.15, 0.2) is 103 Å². The van der Waals surface area contributed by atoms with Crippen LogP contribution in [0.4, 0.5) is 0 Å². The molecule has 4 aromatic carbocycles. The molecule has 0 amide bonds. The summed E-state index contributed by atoms with van der Waals surface area (Å²) in [7, 11) is 3.32. The van der Waals surface area contributed by atoms with E-state index in [4.69, 9.17) is 18.9 Å². The van der Waals surface area contributed by atoms with Crippen LogP contribution in [0, 0.1) is 6.92 Å². The Morgan fingerprint density at radius 1 is 0.452 bits per heavy atom. The number of benzene rings is 4. The van der Waals surface area contributed by atoms with Crippen LogP contribution in [0.1, 0.15) is 5.56 Å². The molecule has 0 N–H and O–H groups in total. The predicted octanol–water partition coefficient (Wildman–Crippen LogP) is 7.28. The van der Waals surface area contributed by atoms with Crippen LogP contribution in [0.5, 0.6) is 34.5 Å². The van der Waals surface area contributed by atoms with E-state index in [1.54, 1.807) is 14.2 Å². The summed E-state index contributed by atoms with van der Waals surface area (Å²) in [5.74, 6) is 4.73. The van der Waals surface area contributed by atoms with Crippen molar-refractivity contribution in [2.24, 2.45) is 0 Å². The third-order valence-electron chi connectivity index (χ3n) is 4.39. The third-order valence-corrected chi connectivity index (χ3v) is 4.39. The molecule has 0 radical (unpaired) electrons. The minimum Gasteiger partial charge on any atom is -0.497 e. The molecule has 158 valence electrons. The molecule has 0 saturated heterocycles. The minimum atomic E-state index is 0.697. The molecule has 4 heteroatoms. The highest BCUT2D eigenvalue weighted by Gasteiger charge is 2.06. The molecule has 4 nitrogen and oxygen atoms in total. The zero-order chi connectivity index (χ0) is 21.9. The van der Waals surface area contributed by atoms with E-state index < -0.39 is 0 Å². The fourth-order valence-corrected chi connectivity index (χ4v) is 2.83. The van der Waals surface area contributed by atoms with E-state index in [1.807, 2.05) is 110 Å². The Labute approximate surface area is 183 Å². The van der Waals surface area contributed by atoms with Gasteiger partial charge in [0.1, 0.15) is 23.0 Å². The first-order valence-corrected chi connectivity index (χ1v) is 9.93. The Morgan fingerprint density at radius 2 is 0.935 bits per heavy atom. The summed E-state index contributed by atoms with van der Waals surface area (Å²) >= 11 is 0. The van der Waals surface area contributed by atoms with Gasteiger partial charge in [-0.2, -0.15) is 0 Å². The van der Waals surface area contributed by atoms with Crippen LogP contribution in [-0.2, 0) is 0 Å². The standard InChI is InChI=1S/C18H14O2.C9H12O2/c1-3-9-15(10-4-1)19-17-13-7-8-14-18(17)20-16-11-5-2-6-12-16;1-7-6-8(10-2)4-5-9(7)11-3/h1-14H;4-6H,1-3H3. The van der Waals surface area contributed by atoms with Crippen molar-refractivity contribution in [3.63, 3.8) is 0 Å². The van der Waals surface area contributed by atoms with Gasteiger partial charge in [0.15, 0.2) is 11.5 Å². The molecule has 0 aliphatic rings. The van der Waals surface area contributed by atoms with E-state index in [2.05, 4.69) is 0 Å². The average molecular weight is 415 g/mol. The number of hydrogen-bond donors (Lipinski definition) is 0. The Kier molecular flexibility index (Phi) is 7.95. The van der Waals surface area contributed by atoms with Gasteiger partial charge >= 0.3 is 0 Å². The SMILES string of the molecule is COc1ccc(OC)c(C)c1.c1ccc(Oc2ccccc2Oc2ccccc2)cc1. The lowest BCUT2D eigenvalue weighted by atomic mass is 10.2. The molecule has 4 aromatic rings. The van der Waals surface area contributed by atoms with Crippen LogP contribution in [-0.4, -0.2) is 14.2 Å². The van der Waals surface area contributed by atoms with E-state index in [0.717, 1.165) is 28.6 Å². The molecule has 0 bridgehead atoms. The molecule has 31 heavy (non-hydrogen) atoms. The van der Waals surface area contributed by atoms with Gasteiger partial charge in [0.25, 0.3) is 0 Å². The quantitative estimate of drug-likeness (QED) is 0.332. The lowest BCUT2D eigenvalue weighted by Crippen LogP contribution is -1.89. The van der Waals surface area contributed by atoms with Crippen molar-refractivity contribution in [3.05, 3.63) is 109 Å². The van der Waals surface area contributed by atoms with Crippen molar-refractivity contribution < 1.29 is 18.9 Å². The summed E-state index contributed by atoms with van der Waals surface area (Å²) < 4.78 is 21.8. The fourth-order valence-electron chi connectivity index (χ4n) is 2.83. The summed E-state index contributed by atoms with van der Waals surface area (Å²) in [6.45, 7) is 1.99. The second-order valence-corrected chi connectivity index (χ2v) is 6.61. The number of hydrogen-bond acceptors (Lipinski definition) is 4. The van der Waals surface area contributed by atoms with Crippen molar-refractivity contribution in [3.8, 4) is 34.5 Å². The summed E-state index contributed by atoms with van der Waals surface area (Å²) in [6, 6.07) is 32.7. The monoisotopic (exact) mass is 414 g/mol. The van der Waals surface area contributed by atoms with Crippen LogP contribution < -0.4 is 18.9 Å². The van der Waals surface area contributed by atoms with Crippen LogP contribution >= 0.6 is 0 Å². The molecular weight excluding hydrogens is 388 g/mol. The van der Waals surface area contributed by atoms with Crippen molar-refractivity contribution in [1.82, 2.24) is 0 Å². The largest absolute Gasteiger partial charge is 0.497 e. The highest BCUT2D eigenvalue weighted by Crippen LogP contribution is 2.34. The number of para-hydroxylation sites is 4. The normalized spacial score (nSPS) is 9.77. The van der Waals surface area contributed by atoms with Gasteiger partial charge in [-0.15, -0.1) is 0 Å². The van der Waals surface area contributed by atoms with E-state index >= 15 is 0 Å². The summed E-state index contributed by atoms with van der Waals surface area (Å²) in [5.41, 5.74) is 1.09. The van der Waals surface area contributed by atoms with E-state index in [1.165, 1.54) is 0 Å². The molecule has 0 saturated carbocycles. The van der Waals surface area contributed by atoms with Crippen LogP contribution in [0.2, 0.25) is 0 Å². The second kappa shape index (κ2) is 11.3. The van der Waals surface area contributed by atoms with Gasteiger partial charge in [-0.3, -0.25) is 0 Å². The van der Waals surface area contributed by atoms with Crippen molar-refractivity contribution in [2.45, 2.75) is 6.92 Å². The zero-order valence-corrected chi connectivity index (χ0v) is 17.9. The minimum absolute atomic E-state index is 0.697. The van der Waals surface area contributed by atoms with Crippen molar-refractivity contribution in [1.29, 1.82) is 0 Å². The van der Waals surface area contributed by atoms with Gasteiger partial charge in [0.2, 0.25) is 0 Å². The molecule has 0 atom stereocenters. The smallest absolute Gasteiger partial charge is 0.169 e. The summed E-state index contributed by atoms with van der Waals surface area (Å²) in [5, 5.41) is 0. The van der Waals surface area contributed by atoms with E-state index in [0.29, 0.717) is 11.5 Å². The van der Waals surface area contributed by atoms with Crippen LogP contribution in [0.3, 0.4) is 0 Å².